The predicted molar refractivity (Wildman–Crippen MR) is 60.5 cm³/mol. The van der Waals surface area contributed by atoms with Gasteiger partial charge in [-0.2, -0.15) is 0 Å². The number of unbranched alkanes of at least 4 members (excludes halogenated alkanes) is 3. The Balaban J connectivity index is 3.24. The lowest BCUT2D eigenvalue weighted by atomic mass is 10.1. The van der Waals surface area contributed by atoms with E-state index in [1.165, 1.54) is 49.1 Å². The molecule has 0 spiro atoms. The zero-order valence-electron chi connectivity index (χ0n) is 9.27. The van der Waals surface area contributed by atoms with Gasteiger partial charge in [-0.1, -0.05) is 46.5 Å². The highest BCUT2D eigenvalue weighted by Crippen LogP contribution is 2.08. The van der Waals surface area contributed by atoms with E-state index in [1.54, 1.807) is 0 Å². The topological polar surface area (TPSA) is 3.24 Å². The molecular weight excluding hydrogens is 162 g/mol. The second-order valence-corrected chi connectivity index (χ2v) is 4.92. The molecule has 0 bridgehead atoms. The fraction of sp³-hybridized carbons (Fsp3) is 1.00. The van der Waals surface area contributed by atoms with Crippen LogP contribution in [0, 0.1) is 0 Å². The summed E-state index contributed by atoms with van der Waals surface area (Å²) in [6.45, 7) is 8.13. The number of hydrogen-bond donors (Lipinski definition) is 0. The fourth-order valence-electron chi connectivity index (χ4n) is 1.40. The molecule has 1 atom stereocenters. The van der Waals surface area contributed by atoms with Gasteiger partial charge in [0.15, 0.2) is 0 Å². The second kappa shape index (κ2) is 7.81. The molecule has 0 fully saturated rings. The lowest BCUT2D eigenvalue weighted by molar-refractivity contribution is 0.345. The van der Waals surface area contributed by atoms with Gasteiger partial charge in [0.1, 0.15) is 0 Å². The maximum Gasteiger partial charge on any atom is 0.0787 e. The van der Waals surface area contributed by atoms with Crippen molar-refractivity contribution in [2.24, 2.45) is 0 Å². The van der Waals surface area contributed by atoms with Crippen LogP contribution >= 0.6 is 0 Å². The minimum absolute atomic E-state index is 0.832. The molecule has 0 aliphatic rings. The summed E-state index contributed by atoms with van der Waals surface area (Å²) in [7, 11) is 1.23. The first-order valence-corrected chi connectivity index (χ1v) is 6.32. The highest BCUT2D eigenvalue weighted by atomic mass is 28.2. The van der Waals surface area contributed by atoms with Crippen molar-refractivity contribution in [2.45, 2.75) is 58.9 Å². The van der Waals surface area contributed by atoms with E-state index in [2.05, 4.69) is 25.3 Å². The normalized spacial score (nSPS) is 14.0. The van der Waals surface area contributed by atoms with Crippen LogP contribution in [-0.2, 0) is 0 Å². The Kier molecular flexibility index (Phi) is 7.92. The van der Waals surface area contributed by atoms with Crippen LogP contribution < -0.4 is 0 Å². The zero-order chi connectivity index (χ0) is 9.40. The highest BCUT2D eigenvalue weighted by Gasteiger charge is 2.04. The molecule has 0 radical (unpaired) electrons. The van der Waals surface area contributed by atoms with Crippen molar-refractivity contribution in [3.63, 3.8) is 0 Å². The largest absolute Gasteiger partial charge is 0.330 e. The summed E-state index contributed by atoms with van der Waals surface area (Å²) in [5, 5.41) is 0. The van der Waals surface area contributed by atoms with Crippen LogP contribution in [0.25, 0.3) is 0 Å². The molecule has 0 heterocycles. The quantitative estimate of drug-likeness (QED) is 0.435. The van der Waals surface area contributed by atoms with Crippen molar-refractivity contribution in [2.75, 3.05) is 6.54 Å². The first-order valence-electron chi connectivity index (χ1n) is 5.42. The Morgan fingerprint density at radius 2 is 1.83 bits per heavy atom. The molecule has 74 valence electrons. The number of hydrogen-bond acceptors (Lipinski definition) is 1. The van der Waals surface area contributed by atoms with Crippen LogP contribution in [-0.4, -0.2) is 27.6 Å². The molecule has 12 heavy (non-hydrogen) atoms. The smallest absolute Gasteiger partial charge is 0.0787 e. The Labute approximate surface area is 81.0 Å². The molecule has 0 aromatic rings. The van der Waals surface area contributed by atoms with Crippen LogP contribution in [0.2, 0.25) is 0 Å². The fourth-order valence-corrected chi connectivity index (χ4v) is 1.66. The molecule has 0 saturated carbocycles. The number of nitrogens with zero attached hydrogens (tertiary/aromatic N) is 1. The molecule has 0 aromatic heterocycles. The first-order chi connectivity index (χ1) is 5.72. The highest BCUT2D eigenvalue weighted by molar-refractivity contribution is 6.04. The van der Waals surface area contributed by atoms with E-state index in [4.69, 9.17) is 0 Å². The molecule has 1 nitrogen and oxygen atoms in total. The van der Waals surface area contributed by atoms with Crippen molar-refractivity contribution < 1.29 is 0 Å². The van der Waals surface area contributed by atoms with Gasteiger partial charge in [0.25, 0.3) is 0 Å². The molecular formula is C10H25NSi. The molecule has 0 N–H and O–H groups in total. The molecule has 0 aromatic carbocycles. The molecule has 0 rings (SSSR count). The molecule has 1 unspecified atom stereocenters. The monoisotopic (exact) mass is 187 g/mol. The van der Waals surface area contributed by atoms with E-state index in [-0.39, 0.29) is 0 Å². The summed E-state index contributed by atoms with van der Waals surface area (Å²) in [6, 6.07) is 0.832. The lowest BCUT2D eigenvalue weighted by Gasteiger charge is -2.23. The second-order valence-electron chi connectivity index (χ2n) is 3.77. The molecule has 0 aliphatic heterocycles. The van der Waals surface area contributed by atoms with E-state index in [0.717, 1.165) is 6.04 Å². The third-order valence-electron chi connectivity index (χ3n) is 2.73. The molecule has 2 heteroatoms. The summed E-state index contributed by atoms with van der Waals surface area (Å²) in [6.07, 6.45) is 7.03. The molecule has 0 amide bonds. The van der Waals surface area contributed by atoms with Gasteiger partial charge in [-0.15, -0.1) is 0 Å². The van der Waals surface area contributed by atoms with E-state index < -0.39 is 0 Å². The Bertz CT molecular complexity index is 95.8. The SMILES string of the molecule is CCCCCCC(C)N([SiH3])CC. The van der Waals surface area contributed by atoms with E-state index in [0.29, 0.717) is 0 Å². The van der Waals surface area contributed by atoms with Gasteiger partial charge < -0.3 is 4.57 Å². The number of rotatable bonds is 7. The third-order valence-corrected chi connectivity index (χ3v) is 4.24. The first kappa shape index (κ1) is 12.2. The van der Waals surface area contributed by atoms with Crippen LogP contribution in [0.4, 0.5) is 0 Å². The maximum atomic E-state index is 2.56. The third kappa shape index (κ3) is 5.78. The van der Waals surface area contributed by atoms with E-state index >= 15 is 0 Å². The summed E-state index contributed by atoms with van der Waals surface area (Å²) >= 11 is 0. The van der Waals surface area contributed by atoms with Crippen molar-refractivity contribution in [3.8, 4) is 0 Å². The Morgan fingerprint density at radius 3 is 2.33 bits per heavy atom. The van der Waals surface area contributed by atoms with Gasteiger partial charge in [0.05, 0.1) is 10.4 Å². The van der Waals surface area contributed by atoms with Gasteiger partial charge in [-0.05, 0) is 19.0 Å². The summed E-state index contributed by atoms with van der Waals surface area (Å²) in [5.74, 6) is 0. The summed E-state index contributed by atoms with van der Waals surface area (Å²) < 4.78 is 2.56. The predicted octanol–water partition coefficient (Wildman–Crippen LogP) is 1.95. The lowest BCUT2D eigenvalue weighted by Crippen LogP contribution is -2.30. The Hall–Kier alpha value is 0.177. The minimum Gasteiger partial charge on any atom is -0.330 e. The van der Waals surface area contributed by atoms with Crippen molar-refractivity contribution in [1.82, 2.24) is 4.57 Å². The molecule has 0 saturated heterocycles. The van der Waals surface area contributed by atoms with Crippen LogP contribution in [0.3, 0.4) is 0 Å². The standard InChI is InChI=1S/C10H25NSi/c1-4-6-7-8-9-10(3)11(12)5-2/h10H,4-9H2,1-3,12H3. The van der Waals surface area contributed by atoms with Crippen LogP contribution in [0.1, 0.15) is 52.9 Å². The summed E-state index contributed by atoms with van der Waals surface area (Å²) in [4.78, 5) is 0. The summed E-state index contributed by atoms with van der Waals surface area (Å²) in [5.41, 5.74) is 0. The van der Waals surface area contributed by atoms with Crippen LogP contribution in [0.5, 0.6) is 0 Å². The average molecular weight is 187 g/mol. The van der Waals surface area contributed by atoms with Crippen molar-refractivity contribution in [1.29, 1.82) is 0 Å². The van der Waals surface area contributed by atoms with Crippen molar-refractivity contribution in [3.05, 3.63) is 0 Å². The maximum absolute atomic E-state index is 2.56. The van der Waals surface area contributed by atoms with Gasteiger partial charge in [-0.25, -0.2) is 0 Å². The van der Waals surface area contributed by atoms with Crippen molar-refractivity contribution >= 4 is 10.4 Å². The van der Waals surface area contributed by atoms with Gasteiger partial charge in [0.2, 0.25) is 0 Å². The minimum atomic E-state index is 0.832. The van der Waals surface area contributed by atoms with Gasteiger partial charge in [0, 0.05) is 0 Å². The van der Waals surface area contributed by atoms with Crippen LogP contribution in [0.15, 0.2) is 0 Å². The zero-order valence-corrected chi connectivity index (χ0v) is 11.3. The van der Waals surface area contributed by atoms with E-state index in [9.17, 15) is 0 Å². The molecule has 0 aliphatic carbocycles. The van der Waals surface area contributed by atoms with E-state index in [1.807, 2.05) is 0 Å². The Morgan fingerprint density at radius 1 is 1.17 bits per heavy atom. The van der Waals surface area contributed by atoms with Gasteiger partial charge in [-0.3, -0.25) is 0 Å². The van der Waals surface area contributed by atoms with Gasteiger partial charge >= 0.3 is 0 Å². The average Bonchev–Trinajstić information content (AvgIpc) is 2.10.